The molecule has 0 fully saturated rings. The van der Waals surface area contributed by atoms with Crippen molar-refractivity contribution in [3.63, 3.8) is 0 Å². The summed E-state index contributed by atoms with van der Waals surface area (Å²) < 4.78 is 0. The lowest BCUT2D eigenvalue weighted by Gasteiger charge is -2.24. The summed E-state index contributed by atoms with van der Waals surface area (Å²) >= 11 is 1.75. The first-order chi connectivity index (χ1) is 9.17. The first-order valence-corrected chi connectivity index (χ1v) is 7.54. The average molecular weight is 276 g/mol. The fourth-order valence-electron chi connectivity index (χ4n) is 1.97. The lowest BCUT2D eigenvalue weighted by Crippen LogP contribution is -2.24. The molecule has 1 atom stereocenters. The van der Waals surface area contributed by atoms with Crippen LogP contribution in [0, 0.1) is 0 Å². The van der Waals surface area contributed by atoms with Crippen LogP contribution in [0.4, 0.5) is 5.95 Å². The molecule has 4 nitrogen and oxygen atoms in total. The van der Waals surface area contributed by atoms with Crippen molar-refractivity contribution in [3.8, 4) is 0 Å². The fourth-order valence-corrected chi connectivity index (χ4v) is 2.80. The average Bonchev–Trinajstić information content (AvgIpc) is 2.99. The highest BCUT2D eigenvalue weighted by atomic mass is 32.1. The Labute approximate surface area is 118 Å². The van der Waals surface area contributed by atoms with Crippen LogP contribution >= 0.6 is 11.3 Å². The van der Waals surface area contributed by atoms with Crippen LogP contribution in [0.15, 0.2) is 17.5 Å². The predicted molar refractivity (Wildman–Crippen MR) is 79.7 cm³/mol. The summed E-state index contributed by atoms with van der Waals surface area (Å²) in [5, 5.41) is 10.7. The fraction of sp³-hybridized carbons (Fsp3) is 0.500. The van der Waals surface area contributed by atoms with Gasteiger partial charge in [0.05, 0.1) is 17.4 Å². The van der Waals surface area contributed by atoms with E-state index in [1.807, 2.05) is 7.05 Å². The van der Waals surface area contributed by atoms with E-state index in [0.717, 1.165) is 24.2 Å². The minimum Gasteiger partial charge on any atom is -0.335 e. The van der Waals surface area contributed by atoms with Crippen LogP contribution in [0.25, 0.3) is 0 Å². The molecule has 0 bridgehead atoms. The first-order valence-electron chi connectivity index (χ1n) is 6.66. The van der Waals surface area contributed by atoms with Crippen LogP contribution < -0.4 is 4.90 Å². The number of hydrogen-bond donors (Lipinski definition) is 0. The van der Waals surface area contributed by atoms with E-state index < -0.39 is 0 Å². The first kappa shape index (κ1) is 13.9. The van der Waals surface area contributed by atoms with E-state index in [0.29, 0.717) is 5.95 Å². The molecule has 0 amide bonds. The van der Waals surface area contributed by atoms with E-state index in [4.69, 9.17) is 0 Å². The van der Waals surface area contributed by atoms with Crippen LogP contribution in [0.2, 0.25) is 0 Å². The third-order valence-corrected chi connectivity index (χ3v) is 4.39. The van der Waals surface area contributed by atoms with Gasteiger partial charge in [-0.2, -0.15) is 5.10 Å². The second-order valence-electron chi connectivity index (χ2n) is 4.51. The quantitative estimate of drug-likeness (QED) is 0.840. The van der Waals surface area contributed by atoms with Gasteiger partial charge in [0.2, 0.25) is 5.95 Å². The molecular formula is C14H20N4S. The second kappa shape index (κ2) is 6.10. The van der Waals surface area contributed by atoms with Gasteiger partial charge in [-0.1, -0.05) is 19.9 Å². The van der Waals surface area contributed by atoms with Crippen molar-refractivity contribution in [2.45, 2.75) is 39.7 Å². The number of aromatic nitrogens is 3. The molecule has 0 aliphatic rings. The summed E-state index contributed by atoms with van der Waals surface area (Å²) in [5.41, 5.74) is 2.06. The van der Waals surface area contributed by atoms with Crippen LogP contribution in [0.3, 0.4) is 0 Å². The maximum atomic E-state index is 4.65. The van der Waals surface area contributed by atoms with Crippen molar-refractivity contribution in [1.82, 2.24) is 15.2 Å². The molecule has 0 aliphatic heterocycles. The highest BCUT2D eigenvalue weighted by Gasteiger charge is 2.17. The van der Waals surface area contributed by atoms with Crippen molar-refractivity contribution in [1.29, 1.82) is 0 Å². The molecule has 0 saturated carbocycles. The number of aryl methyl sites for hydroxylation is 2. The molecular weight excluding hydrogens is 256 g/mol. The van der Waals surface area contributed by atoms with Crippen LogP contribution in [-0.2, 0) is 12.8 Å². The Balaban J connectivity index is 2.26. The zero-order valence-electron chi connectivity index (χ0n) is 11.9. The van der Waals surface area contributed by atoms with Crippen LogP contribution in [0.5, 0.6) is 0 Å². The summed E-state index contributed by atoms with van der Waals surface area (Å²) in [5.74, 6) is 0.704. The summed E-state index contributed by atoms with van der Waals surface area (Å²) in [6, 6.07) is 4.47. The number of nitrogens with zero attached hydrogens (tertiary/aromatic N) is 4. The molecule has 0 N–H and O–H groups in total. The van der Waals surface area contributed by atoms with E-state index in [1.54, 1.807) is 11.3 Å². The van der Waals surface area contributed by atoms with Crippen molar-refractivity contribution in [2.24, 2.45) is 0 Å². The lowest BCUT2D eigenvalue weighted by molar-refractivity contribution is 0.698. The minimum absolute atomic E-state index is 0.263. The Morgan fingerprint density at radius 3 is 2.53 bits per heavy atom. The summed E-state index contributed by atoms with van der Waals surface area (Å²) in [6.07, 6.45) is 1.78. The second-order valence-corrected chi connectivity index (χ2v) is 5.49. The Morgan fingerprint density at radius 2 is 1.95 bits per heavy atom. The van der Waals surface area contributed by atoms with Crippen LogP contribution in [0.1, 0.15) is 43.1 Å². The molecule has 2 rings (SSSR count). The molecule has 2 aromatic heterocycles. The maximum Gasteiger partial charge on any atom is 0.245 e. The standard InChI is InChI=1S/C14H20N4S/c1-5-11-12(6-2)16-17-14(15-11)18(4)10(3)13-8-7-9-19-13/h7-10H,5-6H2,1-4H3. The molecule has 0 radical (unpaired) electrons. The van der Waals surface area contributed by atoms with Crippen molar-refractivity contribution < 1.29 is 0 Å². The normalized spacial score (nSPS) is 12.4. The van der Waals surface area contributed by atoms with Gasteiger partial charge >= 0.3 is 0 Å². The zero-order valence-corrected chi connectivity index (χ0v) is 12.7. The summed E-state index contributed by atoms with van der Waals surface area (Å²) in [7, 11) is 2.02. The lowest BCUT2D eigenvalue weighted by atomic mass is 10.2. The number of anilines is 1. The molecule has 0 aromatic carbocycles. The van der Waals surface area contributed by atoms with Crippen molar-refractivity contribution in [3.05, 3.63) is 33.8 Å². The molecule has 2 aromatic rings. The summed E-state index contributed by atoms with van der Waals surface area (Å²) in [6.45, 7) is 6.35. The largest absolute Gasteiger partial charge is 0.335 e. The number of rotatable bonds is 5. The van der Waals surface area contributed by atoms with Gasteiger partial charge in [0.1, 0.15) is 0 Å². The highest BCUT2D eigenvalue weighted by molar-refractivity contribution is 7.10. The number of thiophene rings is 1. The Morgan fingerprint density at radius 1 is 1.21 bits per heavy atom. The molecule has 102 valence electrons. The van der Waals surface area contributed by atoms with Gasteiger partial charge in [-0.3, -0.25) is 0 Å². The smallest absolute Gasteiger partial charge is 0.245 e. The van der Waals surface area contributed by atoms with Gasteiger partial charge < -0.3 is 4.90 Å². The van der Waals surface area contributed by atoms with Gasteiger partial charge in [0.15, 0.2) is 0 Å². The monoisotopic (exact) mass is 276 g/mol. The van der Waals surface area contributed by atoms with E-state index in [9.17, 15) is 0 Å². The van der Waals surface area contributed by atoms with Gasteiger partial charge in [-0.05, 0) is 31.2 Å². The van der Waals surface area contributed by atoms with Crippen molar-refractivity contribution in [2.75, 3.05) is 11.9 Å². The Hall–Kier alpha value is -1.49. The van der Waals surface area contributed by atoms with Crippen LogP contribution in [-0.4, -0.2) is 22.2 Å². The molecule has 1 unspecified atom stereocenters. The Bertz CT molecular complexity index is 524. The molecule has 0 aliphatic carbocycles. The van der Waals surface area contributed by atoms with Gasteiger partial charge in [-0.15, -0.1) is 16.4 Å². The zero-order chi connectivity index (χ0) is 13.8. The summed E-state index contributed by atoms with van der Waals surface area (Å²) in [4.78, 5) is 8.04. The van der Waals surface area contributed by atoms with E-state index >= 15 is 0 Å². The minimum atomic E-state index is 0.263. The molecule has 19 heavy (non-hydrogen) atoms. The van der Waals surface area contributed by atoms with E-state index in [2.05, 4.69) is 58.4 Å². The molecule has 2 heterocycles. The third kappa shape index (κ3) is 2.92. The van der Waals surface area contributed by atoms with E-state index in [1.165, 1.54) is 4.88 Å². The van der Waals surface area contributed by atoms with Gasteiger partial charge in [0.25, 0.3) is 0 Å². The SMILES string of the molecule is CCc1nnc(N(C)C(C)c2cccs2)nc1CC. The van der Waals surface area contributed by atoms with E-state index in [-0.39, 0.29) is 6.04 Å². The van der Waals surface area contributed by atoms with Gasteiger partial charge in [0, 0.05) is 11.9 Å². The molecule has 0 spiro atoms. The number of hydrogen-bond acceptors (Lipinski definition) is 5. The Kier molecular flexibility index (Phi) is 4.47. The topological polar surface area (TPSA) is 41.9 Å². The molecule has 5 heteroatoms. The third-order valence-electron chi connectivity index (χ3n) is 3.35. The predicted octanol–water partition coefficient (Wildman–Crippen LogP) is 3.26. The highest BCUT2D eigenvalue weighted by Crippen LogP contribution is 2.26. The molecule has 0 saturated heterocycles. The van der Waals surface area contributed by atoms with Crippen molar-refractivity contribution >= 4 is 17.3 Å². The van der Waals surface area contributed by atoms with Gasteiger partial charge in [-0.25, -0.2) is 4.98 Å². The maximum absolute atomic E-state index is 4.65.